The Hall–Kier alpha value is -1.35. The molecule has 0 radical (unpaired) electrons. The largest absolute Gasteiger partial charge is 0.349 e. The molecule has 1 saturated heterocycles. The van der Waals surface area contributed by atoms with Gasteiger partial charge < -0.3 is 10.2 Å². The van der Waals surface area contributed by atoms with Crippen LogP contribution in [0.3, 0.4) is 0 Å². The predicted octanol–water partition coefficient (Wildman–Crippen LogP) is 2.07. The van der Waals surface area contributed by atoms with E-state index >= 15 is 0 Å². The average molecular weight is 246 g/mol. The molecule has 1 amide bonds. The van der Waals surface area contributed by atoms with E-state index in [9.17, 15) is 4.79 Å². The number of benzene rings is 1. The standard InChI is InChI=1S/C15H22N2O/c1-11-5-4-6-13(9-11)15(18)16-14-7-8-17(3)10-12(14)2/h4-6,9,12,14H,7-8,10H2,1-3H3,(H,16,18)/t12-,14-/m0/s1. The second-order valence-electron chi connectivity index (χ2n) is 5.48. The number of hydrogen-bond acceptors (Lipinski definition) is 2. The smallest absolute Gasteiger partial charge is 0.251 e. The van der Waals surface area contributed by atoms with Crippen LogP contribution < -0.4 is 5.32 Å². The Morgan fingerprint density at radius 3 is 2.89 bits per heavy atom. The molecule has 1 heterocycles. The molecule has 18 heavy (non-hydrogen) atoms. The minimum Gasteiger partial charge on any atom is -0.349 e. The van der Waals surface area contributed by atoms with E-state index in [4.69, 9.17) is 0 Å². The highest BCUT2D eigenvalue weighted by Crippen LogP contribution is 2.16. The van der Waals surface area contributed by atoms with E-state index in [0.29, 0.717) is 12.0 Å². The lowest BCUT2D eigenvalue weighted by molar-refractivity contribution is 0.0884. The van der Waals surface area contributed by atoms with Gasteiger partial charge in [-0.05, 0) is 45.0 Å². The van der Waals surface area contributed by atoms with Crippen LogP contribution in [-0.4, -0.2) is 37.0 Å². The Kier molecular flexibility index (Phi) is 4.02. The van der Waals surface area contributed by atoms with E-state index in [0.717, 1.165) is 30.6 Å². The summed E-state index contributed by atoms with van der Waals surface area (Å²) in [5.74, 6) is 0.567. The van der Waals surface area contributed by atoms with Crippen LogP contribution in [0.15, 0.2) is 24.3 Å². The fourth-order valence-electron chi connectivity index (χ4n) is 2.61. The first-order valence-electron chi connectivity index (χ1n) is 6.62. The van der Waals surface area contributed by atoms with E-state index in [1.54, 1.807) is 0 Å². The molecule has 1 aliphatic rings. The van der Waals surface area contributed by atoms with Crippen molar-refractivity contribution < 1.29 is 4.79 Å². The third-order valence-corrected chi connectivity index (χ3v) is 3.71. The van der Waals surface area contributed by atoms with Gasteiger partial charge in [-0.15, -0.1) is 0 Å². The molecule has 0 unspecified atom stereocenters. The van der Waals surface area contributed by atoms with Crippen LogP contribution in [0.25, 0.3) is 0 Å². The predicted molar refractivity (Wildman–Crippen MR) is 73.7 cm³/mol. The van der Waals surface area contributed by atoms with Gasteiger partial charge in [-0.2, -0.15) is 0 Å². The van der Waals surface area contributed by atoms with Crippen LogP contribution in [-0.2, 0) is 0 Å². The monoisotopic (exact) mass is 246 g/mol. The van der Waals surface area contributed by atoms with Gasteiger partial charge in [0.1, 0.15) is 0 Å². The van der Waals surface area contributed by atoms with Gasteiger partial charge >= 0.3 is 0 Å². The molecule has 3 nitrogen and oxygen atoms in total. The number of nitrogens with one attached hydrogen (secondary N) is 1. The van der Waals surface area contributed by atoms with E-state index < -0.39 is 0 Å². The highest BCUT2D eigenvalue weighted by molar-refractivity contribution is 5.94. The van der Waals surface area contributed by atoms with Gasteiger partial charge in [0.15, 0.2) is 0 Å². The van der Waals surface area contributed by atoms with Crippen LogP contribution in [0.2, 0.25) is 0 Å². The number of piperidine rings is 1. The SMILES string of the molecule is Cc1cccc(C(=O)N[C@H]2CCN(C)C[C@@H]2C)c1. The maximum atomic E-state index is 12.2. The molecular weight excluding hydrogens is 224 g/mol. The van der Waals surface area contributed by atoms with Crippen molar-refractivity contribution in [1.29, 1.82) is 0 Å². The Labute approximate surface area is 109 Å². The van der Waals surface area contributed by atoms with Gasteiger partial charge in [-0.3, -0.25) is 4.79 Å². The minimum absolute atomic E-state index is 0.0557. The summed E-state index contributed by atoms with van der Waals surface area (Å²) in [5.41, 5.74) is 1.89. The van der Waals surface area contributed by atoms with Crippen LogP contribution >= 0.6 is 0 Å². The number of carbonyl (C=O) groups excluding carboxylic acids is 1. The molecule has 1 N–H and O–H groups in total. The van der Waals surface area contributed by atoms with Gasteiger partial charge in [0.2, 0.25) is 0 Å². The summed E-state index contributed by atoms with van der Waals surface area (Å²) in [7, 11) is 2.13. The molecule has 98 valence electrons. The number of nitrogens with zero attached hydrogens (tertiary/aromatic N) is 1. The van der Waals surface area contributed by atoms with Gasteiger partial charge in [-0.25, -0.2) is 0 Å². The van der Waals surface area contributed by atoms with Crippen LogP contribution in [0, 0.1) is 12.8 Å². The normalized spacial score (nSPS) is 24.8. The van der Waals surface area contributed by atoms with Crippen molar-refractivity contribution in [3.63, 3.8) is 0 Å². The highest BCUT2D eigenvalue weighted by atomic mass is 16.1. The Morgan fingerprint density at radius 1 is 1.44 bits per heavy atom. The zero-order valence-electron chi connectivity index (χ0n) is 11.4. The molecule has 3 heteroatoms. The Morgan fingerprint density at radius 2 is 2.22 bits per heavy atom. The number of hydrogen-bond donors (Lipinski definition) is 1. The van der Waals surface area contributed by atoms with Crippen molar-refractivity contribution in [2.24, 2.45) is 5.92 Å². The number of amides is 1. The molecule has 2 rings (SSSR count). The molecule has 1 aromatic carbocycles. The zero-order valence-corrected chi connectivity index (χ0v) is 11.4. The van der Waals surface area contributed by atoms with E-state index in [1.807, 2.05) is 31.2 Å². The van der Waals surface area contributed by atoms with Crippen molar-refractivity contribution in [2.45, 2.75) is 26.3 Å². The fourth-order valence-corrected chi connectivity index (χ4v) is 2.61. The molecule has 0 spiro atoms. The first kappa shape index (κ1) is 13.1. The maximum absolute atomic E-state index is 12.2. The lowest BCUT2D eigenvalue weighted by Crippen LogP contribution is -2.48. The van der Waals surface area contributed by atoms with Gasteiger partial charge in [0.25, 0.3) is 5.91 Å². The third-order valence-electron chi connectivity index (χ3n) is 3.71. The number of likely N-dealkylation sites (tertiary alicyclic amines) is 1. The molecule has 1 fully saturated rings. The zero-order chi connectivity index (χ0) is 13.1. The maximum Gasteiger partial charge on any atom is 0.251 e. The number of rotatable bonds is 2. The summed E-state index contributed by atoms with van der Waals surface area (Å²) in [5, 5.41) is 3.17. The molecule has 0 saturated carbocycles. The number of aryl methyl sites for hydroxylation is 1. The Balaban J connectivity index is 1.99. The summed E-state index contributed by atoms with van der Waals surface area (Å²) in [6, 6.07) is 8.06. The van der Waals surface area contributed by atoms with E-state index in [-0.39, 0.29) is 5.91 Å². The van der Waals surface area contributed by atoms with Crippen molar-refractivity contribution >= 4 is 5.91 Å². The summed E-state index contributed by atoms with van der Waals surface area (Å²) in [4.78, 5) is 14.5. The lowest BCUT2D eigenvalue weighted by atomic mass is 9.94. The van der Waals surface area contributed by atoms with Crippen molar-refractivity contribution in [2.75, 3.05) is 20.1 Å². The quantitative estimate of drug-likeness (QED) is 0.866. The second kappa shape index (κ2) is 5.53. The first-order chi connectivity index (χ1) is 8.56. The summed E-state index contributed by atoms with van der Waals surface area (Å²) in [6.45, 7) is 6.33. The molecule has 0 aromatic heterocycles. The summed E-state index contributed by atoms with van der Waals surface area (Å²) >= 11 is 0. The lowest BCUT2D eigenvalue weighted by Gasteiger charge is -2.35. The van der Waals surface area contributed by atoms with Crippen LogP contribution in [0.5, 0.6) is 0 Å². The number of carbonyl (C=O) groups is 1. The van der Waals surface area contributed by atoms with Gasteiger partial charge in [0, 0.05) is 18.2 Å². The van der Waals surface area contributed by atoms with Gasteiger partial charge in [0.05, 0.1) is 0 Å². The topological polar surface area (TPSA) is 32.3 Å². The van der Waals surface area contributed by atoms with E-state index in [1.165, 1.54) is 0 Å². The summed E-state index contributed by atoms with van der Waals surface area (Å²) in [6.07, 6.45) is 1.04. The molecule has 2 atom stereocenters. The van der Waals surface area contributed by atoms with E-state index in [2.05, 4.69) is 24.2 Å². The van der Waals surface area contributed by atoms with Crippen molar-refractivity contribution in [3.8, 4) is 0 Å². The fraction of sp³-hybridized carbons (Fsp3) is 0.533. The summed E-state index contributed by atoms with van der Waals surface area (Å²) < 4.78 is 0. The average Bonchev–Trinajstić information content (AvgIpc) is 2.32. The Bertz CT molecular complexity index is 430. The van der Waals surface area contributed by atoms with Crippen LogP contribution in [0.4, 0.5) is 0 Å². The molecule has 0 aliphatic carbocycles. The molecule has 1 aromatic rings. The third kappa shape index (κ3) is 3.10. The first-order valence-corrected chi connectivity index (χ1v) is 6.62. The van der Waals surface area contributed by atoms with Crippen LogP contribution in [0.1, 0.15) is 29.3 Å². The van der Waals surface area contributed by atoms with Crippen molar-refractivity contribution in [1.82, 2.24) is 10.2 Å². The molecule has 1 aliphatic heterocycles. The van der Waals surface area contributed by atoms with Gasteiger partial charge in [-0.1, -0.05) is 24.6 Å². The van der Waals surface area contributed by atoms with Crippen molar-refractivity contribution in [3.05, 3.63) is 35.4 Å². The highest BCUT2D eigenvalue weighted by Gasteiger charge is 2.25. The molecular formula is C15H22N2O. The second-order valence-corrected chi connectivity index (χ2v) is 5.48. The molecule has 0 bridgehead atoms. The minimum atomic E-state index is 0.0557.